The summed E-state index contributed by atoms with van der Waals surface area (Å²) in [6, 6.07) is 6.20. The first-order chi connectivity index (χ1) is 7.08. The molecule has 0 unspecified atom stereocenters. The van der Waals surface area contributed by atoms with Crippen LogP contribution in [0, 0.1) is 0 Å². The van der Waals surface area contributed by atoms with E-state index in [1.807, 2.05) is 0 Å². The van der Waals surface area contributed by atoms with E-state index in [4.69, 9.17) is 17.3 Å². The van der Waals surface area contributed by atoms with E-state index in [-0.39, 0.29) is 5.11 Å². The van der Waals surface area contributed by atoms with E-state index in [0.29, 0.717) is 10.7 Å². The number of urea groups is 1. The Labute approximate surface area is 96.9 Å². The number of carbonyl (C=O) groups is 1. The van der Waals surface area contributed by atoms with Crippen molar-refractivity contribution in [3.63, 3.8) is 0 Å². The van der Waals surface area contributed by atoms with E-state index in [1.165, 1.54) is 0 Å². The van der Waals surface area contributed by atoms with Crippen LogP contribution in [0.15, 0.2) is 24.3 Å². The topological polar surface area (TPSA) is 79.2 Å². The number of hydrazine groups is 1. The van der Waals surface area contributed by atoms with Gasteiger partial charge in [-0.25, -0.2) is 10.2 Å². The molecule has 5 N–H and O–H groups in total. The third kappa shape index (κ3) is 4.48. The molecule has 1 aromatic rings. The van der Waals surface area contributed by atoms with Crippen molar-refractivity contribution in [2.75, 3.05) is 5.32 Å². The highest BCUT2D eigenvalue weighted by molar-refractivity contribution is 7.80. The highest BCUT2D eigenvalue weighted by Gasteiger charge is 2.00. The SMILES string of the molecule is NC(=S)NNC(=O)Nc1ccc(Cl)cc1. The molecule has 0 fully saturated rings. The van der Waals surface area contributed by atoms with Crippen LogP contribution in [-0.4, -0.2) is 11.1 Å². The Hall–Kier alpha value is -1.53. The zero-order valence-corrected chi connectivity index (χ0v) is 9.15. The molecule has 15 heavy (non-hydrogen) atoms. The minimum Gasteiger partial charge on any atom is -0.375 e. The maximum Gasteiger partial charge on any atom is 0.337 e. The first-order valence-electron chi connectivity index (χ1n) is 3.96. The van der Waals surface area contributed by atoms with E-state index in [0.717, 1.165) is 0 Å². The summed E-state index contributed by atoms with van der Waals surface area (Å²) in [5, 5.41) is 3.12. The lowest BCUT2D eigenvalue weighted by atomic mass is 10.3. The molecule has 1 rings (SSSR count). The van der Waals surface area contributed by atoms with Gasteiger partial charge in [-0.1, -0.05) is 11.6 Å². The average molecular weight is 245 g/mol. The molecule has 2 amide bonds. The van der Waals surface area contributed by atoms with Gasteiger partial charge >= 0.3 is 6.03 Å². The van der Waals surface area contributed by atoms with Gasteiger partial charge in [0.05, 0.1) is 0 Å². The van der Waals surface area contributed by atoms with Gasteiger partial charge in [0.1, 0.15) is 0 Å². The summed E-state index contributed by atoms with van der Waals surface area (Å²) < 4.78 is 0. The third-order valence-electron chi connectivity index (χ3n) is 1.40. The number of rotatable bonds is 1. The molecule has 0 saturated carbocycles. The molecule has 0 atom stereocenters. The van der Waals surface area contributed by atoms with E-state index in [9.17, 15) is 4.79 Å². The maximum atomic E-state index is 11.2. The van der Waals surface area contributed by atoms with Crippen molar-refractivity contribution >= 4 is 40.6 Å². The van der Waals surface area contributed by atoms with E-state index in [2.05, 4.69) is 28.4 Å². The second-order valence-electron chi connectivity index (χ2n) is 2.58. The molecule has 0 radical (unpaired) electrons. The summed E-state index contributed by atoms with van der Waals surface area (Å²) in [7, 11) is 0. The predicted octanol–water partition coefficient (Wildman–Crippen LogP) is 1.21. The van der Waals surface area contributed by atoms with Crippen molar-refractivity contribution in [1.29, 1.82) is 0 Å². The Bertz CT molecular complexity index is 367. The fraction of sp³-hybridized carbons (Fsp3) is 0. The molecule has 80 valence electrons. The number of halogens is 1. The molecular weight excluding hydrogens is 236 g/mol. The summed E-state index contributed by atoms with van der Waals surface area (Å²) in [5.74, 6) is 0. The van der Waals surface area contributed by atoms with Crippen molar-refractivity contribution < 1.29 is 4.79 Å². The van der Waals surface area contributed by atoms with Crippen LogP contribution in [0.5, 0.6) is 0 Å². The Morgan fingerprint density at radius 2 is 1.87 bits per heavy atom. The lowest BCUT2D eigenvalue weighted by Crippen LogP contribution is -2.46. The minimum absolute atomic E-state index is 0.0127. The van der Waals surface area contributed by atoms with E-state index in [1.54, 1.807) is 24.3 Å². The summed E-state index contributed by atoms with van der Waals surface area (Å²) in [6.45, 7) is 0. The lowest BCUT2D eigenvalue weighted by molar-refractivity contribution is 0.250. The third-order valence-corrected chi connectivity index (χ3v) is 1.76. The predicted molar refractivity (Wildman–Crippen MR) is 63.5 cm³/mol. The number of nitrogens with two attached hydrogens (primary N) is 1. The van der Waals surface area contributed by atoms with Crippen molar-refractivity contribution in [1.82, 2.24) is 10.9 Å². The van der Waals surface area contributed by atoms with Gasteiger partial charge in [-0.15, -0.1) is 0 Å². The van der Waals surface area contributed by atoms with E-state index < -0.39 is 6.03 Å². The second kappa shape index (κ2) is 5.38. The fourth-order valence-corrected chi connectivity index (χ4v) is 0.991. The molecule has 0 aromatic heterocycles. The van der Waals surface area contributed by atoms with Crippen LogP contribution in [0.4, 0.5) is 10.5 Å². The number of thiocarbonyl (C=S) groups is 1. The Balaban J connectivity index is 2.44. The first kappa shape index (κ1) is 11.5. The minimum atomic E-state index is -0.467. The van der Waals surface area contributed by atoms with Crippen LogP contribution in [0.3, 0.4) is 0 Å². The lowest BCUT2D eigenvalue weighted by Gasteiger charge is -2.07. The molecule has 0 aliphatic heterocycles. The summed E-state index contributed by atoms with van der Waals surface area (Å²) in [5.41, 5.74) is 10.3. The highest BCUT2D eigenvalue weighted by Crippen LogP contribution is 2.12. The number of benzene rings is 1. The number of carbonyl (C=O) groups excluding carboxylic acids is 1. The number of hydrogen-bond donors (Lipinski definition) is 4. The van der Waals surface area contributed by atoms with Crippen molar-refractivity contribution in [2.45, 2.75) is 0 Å². The van der Waals surface area contributed by atoms with Crippen LogP contribution in [0.2, 0.25) is 5.02 Å². The standard InChI is InChI=1S/C8H9ClN4OS/c9-5-1-3-6(4-2-5)11-8(14)13-12-7(10)15/h1-4H,(H3,10,12,15)(H2,11,13,14). The summed E-state index contributed by atoms with van der Waals surface area (Å²) in [4.78, 5) is 11.2. The van der Waals surface area contributed by atoms with Gasteiger partial charge < -0.3 is 11.1 Å². The van der Waals surface area contributed by atoms with Crippen LogP contribution in [0.1, 0.15) is 0 Å². The van der Waals surface area contributed by atoms with Crippen LogP contribution >= 0.6 is 23.8 Å². The Morgan fingerprint density at radius 3 is 2.40 bits per heavy atom. The van der Waals surface area contributed by atoms with Crippen LogP contribution < -0.4 is 21.9 Å². The zero-order valence-electron chi connectivity index (χ0n) is 7.58. The van der Waals surface area contributed by atoms with Crippen LogP contribution in [-0.2, 0) is 0 Å². The number of anilines is 1. The van der Waals surface area contributed by atoms with Crippen molar-refractivity contribution in [3.05, 3.63) is 29.3 Å². The van der Waals surface area contributed by atoms with E-state index >= 15 is 0 Å². The van der Waals surface area contributed by atoms with Crippen molar-refractivity contribution in [3.8, 4) is 0 Å². The molecule has 0 aliphatic carbocycles. The summed E-state index contributed by atoms with van der Waals surface area (Å²) >= 11 is 10.2. The highest BCUT2D eigenvalue weighted by atomic mass is 35.5. The zero-order chi connectivity index (χ0) is 11.3. The van der Waals surface area contributed by atoms with Gasteiger partial charge in [-0.2, -0.15) is 0 Å². The Kier molecular flexibility index (Phi) is 4.14. The number of hydrogen-bond acceptors (Lipinski definition) is 2. The molecular formula is C8H9ClN4OS. The largest absolute Gasteiger partial charge is 0.375 e. The van der Waals surface area contributed by atoms with Gasteiger partial charge in [0.15, 0.2) is 5.11 Å². The van der Waals surface area contributed by atoms with Gasteiger partial charge in [-0.3, -0.25) is 5.43 Å². The smallest absolute Gasteiger partial charge is 0.337 e. The quantitative estimate of drug-likeness (QED) is 0.442. The molecule has 7 heteroatoms. The van der Waals surface area contributed by atoms with Gasteiger partial charge in [0.2, 0.25) is 0 Å². The molecule has 0 bridgehead atoms. The molecule has 1 aromatic carbocycles. The first-order valence-corrected chi connectivity index (χ1v) is 4.74. The molecule has 0 aliphatic rings. The number of amides is 2. The fourth-order valence-electron chi connectivity index (χ4n) is 0.814. The molecule has 0 heterocycles. The maximum absolute atomic E-state index is 11.2. The van der Waals surface area contributed by atoms with Crippen molar-refractivity contribution in [2.24, 2.45) is 5.73 Å². The second-order valence-corrected chi connectivity index (χ2v) is 3.45. The monoisotopic (exact) mass is 244 g/mol. The summed E-state index contributed by atoms with van der Waals surface area (Å²) in [6.07, 6.45) is 0. The average Bonchev–Trinajstić information content (AvgIpc) is 2.19. The normalized spacial score (nSPS) is 9.13. The molecule has 0 saturated heterocycles. The van der Waals surface area contributed by atoms with Gasteiger partial charge in [-0.05, 0) is 36.5 Å². The molecule has 5 nitrogen and oxygen atoms in total. The van der Waals surface area contributed by atoms with Gasteiger partial charge in [0, 0.05) is 10.7 Å². The van der Waals surface area contributed by atoms with Crippen LogP contribution in [0.25, 0.3) is 0 Å². The Morgan fingerprint density at radius 1 is 1.27 bits per heavy atom. The van der Waals surface area contributed by atoms with Gasteiger partial charge in [0.25, 0.3) is 0 Å². The molecule has 0 spiro atoms. The number of nitrogens with one attached hydrogen (secondary N) is 3.